The van der Waals surface area contributed by atoms with Crippen molar-refractivity contribution in [1.29, 1.82) is 0 Å². The van der Waals surface area contributed by atoms with Crippen molar-refractivity contribution in [2.45, 2.75) is 38.1 Å². The highest BCUT2D eigenvalue weighted by Gasteiger charge is 2.41. The number of hydrogen-bond acceptors (Lipinski definition) is 6. The van der Waals surface area contributed by atoms with Gasteiger partial charge in [-0.2, -0.15) is 0 Å². The van der Waals surface area contributed by atoms with Crippen molar-refractivity contribution in [1.82, 2.24) is 20.4 Å². The predicted molar refractivity (Wildman–Crippen MR) is 104 cm³/mol. The van der Waals surface area contributed by atoms with Gasteiger partial charge in [-0.3, -0.25) is 24.6 Å². The summed E-state index contributed by atoms with van der Waals surface area (Å²) >= 11 is 0. The zero-order chi connectivity index (χ0) is 20.0. The van der Waals surface area contributed by atoms with Crippen LogP contribution in [0.25, 0.3) is 0 Å². The van der Waals surface area contributed by atoms with E-state index in [1.165, 1.54) is 0 Å². The minimum atomic E-state index is -0.565. The van der Waals surface area contributed by atoms with E-state index >= 15 is 0 Å². The summed E-state index contributed by atoms with van der Waals surface area (Å²) in [6.45, 7) is 5.72. The Morgan fingerprint density at radius 2 is 2.03 bits per heavy atom. The second-order valence-electron chi connectivity index (χ2n) is 8.42. The number of morpholine rings is 1. The molecule has 4 heterocycles. The maximum atomic E-state index is 13.2. The van der Waals surface area contributed by atoms with Crippen molar-refractivity contribution in [3.8, 4) is 0 Å². The number of nitrogens with zero attached hydrogens (tertiary/aromatic N) is 2. The Bertz CT molecular complexity index is 845. The lowest BCUT2D eigenvalue weighted by atomic mass is 9.91. The van der Waals surface area contributed by atoms with Crippen molar-refractivity contribution in [2.75, 3.05) is 32.8 Å². The van der Waals surface area contributed by atoms with Gasteiger partial charge in [-0.25, -0.2) is 0 Å². The highest BCUT2D eigenvalue weighted by molar-refractivity contribution is 6.05. The van der Waals surface area contributed by atoms with E-state index in [-0.39, 0.29) is 30.2 Å². The zero-order valence-electron chi connectivity index (χ0n) is 16.4. The summed E-state index contributed by atoms with van der Waals surface area (Å²) in [7, 11) is 0. The Balaban J connectivity index is 1.26. The first-order valence-electron chi connectivity index (χ1n) is 10.4. The molecule has 2 N–H and O–H groups in total. The van der Waals surface area contributed by atoms with E-state index in [1.54, 1.807) is 4.90 Å². The van der Waals surface area contributed by atoms with Gasteiger partial charge < -0.3 is 15.0 Å². The van der Waals surface area contributed by atoms with Gasteiger partial charge in [0.15, 0.2) is 0 Å². The minimum absolute atomic E-state index is 0.0954. The third-order valence-corrected chi connectivity index (χ3v) is 6.50. The molecule has 4 aliphatic heterocycles. The van der Waals surface area contributed by atoms with Crippen molar-refractivity contribution in [3.05, 3.63) is 34.9 Å². The van der Waals surface area contributed by atoms with Gasteiger partial charge in [-0.05, 0) is 17.5 Å². The van der Waals surface area contributed by atoms with Crippen LogP contribution in [-0.4, -0.2) is 72.5 Å². The van der Waals surface area contributed by atoms with Crippen LogP contribution in [0.1, 0.15) is 34.3 Å². The molecule has 3 fully saturated rings. The van der Waals surface area contributed by atoms with Gasteiger partial charge in [0.2, 0.25) is 11.8 Å². The van der Waals surface area contributed by atoms with Crippen LogP contribution in [0, 0.1) is 5.92 Å². The van der Waals surface area contributed by atoms with Crippen LogP contribution in [0.3, 0.4) is 0 Å². The standard InChI is InChI=1S/C21H26N4O4/c26-18-5-4-16(20(27)23-18)25-12-14-3-1-2-13(19(14)21(25)28)9-24-10-15(11-24)17-8-22-6-7-29-17/h1-3,15-17,22H,4-12H2,(H,23,26,27). The van der Waals surface area contributed by atoms with Gasteiger partial charge in [0, 0.05) is 57.2 Å². The van der Waals surface area contributed by atoms with E-state index in [9.17, 15) is 14.4 Å². The van der Waals surface area contributed by atoms with Crippen molar-refractivity contribution >= 4 is 17.7 Å². The molecule has 2 unspecified atom stereocenters. The largest absolute Gasteiger partial charge is 0.375 e. The predicted octanol–water partition coefficient (Wildman–Crippen LogP) is -0.132. The summed E-state index contributed by atoms with van der Waals surface area (Å²) in [6.07, 6.45) is 0.950. The molecule has 8 nitrogen and oxygen atoms in total. The first-order chi connectivity index (χ1) is 14.1. The van der Waals surface area contributed by atoms with Crippen LogP contribution in [0.2, 0.25) is 0 Å². The van der Waals surface area contributed by atoms with Gasteiger partial charge >= 0.3 is 0 Å². The smallest absolute Gasteiger partial charge is 0.255 e. The van der Waals surface area contributed by atoms with Gasteiger partial charge in [-0.15, -0.1) is 0 Å². The number of hydrogen-bond donors (Lipinski definition) is 2. The number of nitrogens with one attached hydrogen (secondary N) is 2. The minimum Gasteiger partial charge on any atom is -0.375 e. The fraction of sp³-hybridized carbons (Fsp3) is 0.571. The summed E-state index contributed by atoms with van der Waals surface area (Å²) in [5, 5.41) is 5.74. The Kier molecular flexibility index (Phi) is 4.85. The fourth-order valence-corrected chi connectivity index (χ4v) is 4.93. The monoisotopic (exact) mass is 398 g/mol. The normalized spacial score (nSPS) is 28.3. The molecule has 0 radical (unpaired) electrons. The molecule has 5 rings (SSSR count). The van der Waals surface area contributed by atoms with E-state index in [0.717, 1.165) is 56.0 Å². The molecular formula is C21H26N4O4. The highest BCUT2D eigenvalue weighted by atomic mass is 16.5. The number of fused-ring (bicyclic) bond motifs is 1. The van der Waals surface area contributed by atoms with Crippen molar-refractivity contribution in [2.24, 2.45) is 5.92 Å². The van der Waals surface area contributed by atoms with E-state index < -0.39 is 6.04 Å². The molecule has 3 amide bonds. The molecule has 1 aromatic carbocycles. The average molecular weight is 398 g/mol. The molecule has 2 atom stereocenters. The summed E-state index contributed by atoms with van der Waals surface area (Å²) in [5.41, 5.74) is 2.72. The molecule has 0 aromatic heterocycles. The quantitative estimate of drug-likeness (QED) is 0.687. The molecule has 8 heteroatoms. The topological polar surface area (TPSA) is 91.0 Å². The average Bonchev–Trinajstić information content (AvgIpc) is 3.02. The number of ether oxygens (including phenoxy) is 1. The van der Waals surface area contributed by atoms with Crippen LogP contribution in [0.15, 0.2) is 18.2 Å². The summed E-state index contributed by atoms with van der Waals surface area (Å²) < 4.78 is 5.86. The number of benzene rings is 1. The molecule has 0 aliphatic carbocycles. The van der Waals surface area contributed by atoms with Crippen LogP contribution in [0.5, 0.6) is 0 Å². The number of piperidine rings is 1. The van der Waals surface area contributed by atoms with Crippen LogP contribution in [0.4, 0.5) is 0 Å². The van der Waals surface area contributed by atoms with E-state index in [1.807, 2.05) is 18.2 Å². The molecule has 3 saturated heterocycles. The van der Waals surface area contributed by atoms with Crippen LogP contribution < -0.4 is 10.6 Å². The Hall–Kier alpha value is -2.29. The number of imide groups is 1. The Labute approximate surface area is 169 Å². The molecule has 154 valence electrons. The fourth-order valence-electron chi connectivity index (χ4n) is 4.93. The SMILES string of the molecule is O=C1CCC(N2Cc3cccc(CN4CC(C5CNCCO5)C4)c3C2=O)C(=O)N1. The first-order valence-corrected chi connectivity index (χ1v) is 10.4. The molecular weight excluding hydrogens is 372 g/mol. The van der Waals surface area contributed by atoms with Crippen molar-refractivity contribution < 1.29 is 19.1 Å². The van der Waals surface area contributed by atoms with Gasteiger partial charge in [-0.1, -0.05) is 18.2 Å². The molecule has 0 spiro atoms. The molecule has 4 aliphatic rings. The lowest BCUT2D eigenvalue weighted by Gasteiger charge is -2.44. The van der Waals surface area contributed by atoms with Crippen LogP contribution in [-0.2, 0) is 27.4 Å². The third kappa shape index (κ3) is 3.45. The third-order valence-electron chi connectivity index (χ3n) is 6.50. The lowest BCUT2D eigenvalue weighted by molar-refractivity contribution is -0.136. The molecule has 1 aromatic rings. The second kappa shape index (κ2) is 7.51. The summed E-state index contributed by atoms with van der Waals surface area (Å²) in [5.74, 6) is -0.187. The van der Waals surface area contributed by atoms with Gasteiger partial charge in [0.25, 0.3) is 5.91 Å². The van der Waals surface area contributed by atoms with E-state index in [2.05, 4.69) is 15.5 Å². The summed E-state index contributed by atoms with van der Waals surface area (Å²) in [6, 6.07) is 5.39. The number of amides is 3. The van der Waals surface area contributed by atoms with E-state index in [0.29, 0.717) is 18.9 Å². The number of rotatable bonds is 4. The number of carbonyl (C=O) groups excluding carboxylic acids is 3. The van der Waals surface area contributed by atoms with Crippen molar-refractivity contribution in [3.63, 3.8) is 0 Å². The molecule has 0 bridgehead atoms. The molecule has 29 heavy (non-hydrogen) atoms. The zero-order valence-corrected chi connectivity index (χ0v) is 16.4. The maximum absolute atomic E-state index is 13.2. The Morgan fingerprint density at radius 1 is 1.17 bits per heavy atom. The number of likely N-dealkylation sites (tertiary alicyclic amines) is 1. The highest BCUT2D eigenvalue weighted by Crippen LogP contribution is 2.32. The second-order valence-corrected chi connectivity index (χ2v) is 8.42. The van der Waals surface area contributed by atoms with Gasteiger partial charge in [0.1, 0.15) is 6.04 Å². The first kappa shape index (κ1) is 18.7. The lowest BCUT2D eigenvalue weighted by Crippen LogP contribution is -2.56. The van der Waals surface area contributed by atoms with E-state index in [4.69, 9.17) is 4.74 Å². The van der Waals surface area contributed by atoms with Gasteiger partial charge in [0.05, 0.1) is 12.7 Å². The maximum Gasteiger partial charge on any atom is 0.255 e. The van der Waals surface area contributed by atoms with Crippen LogP contribution >= 0.6 is 0 Å². The summed E-state index contributed by atoms with van der Waals surface area (Å²) in [4.78, 5) is 40.8. The Morgan fingerprint density at radius 3 is 2.79 bits per heavy atom. The molecule has 0 saturated carbocycles. The number of carbonyl (C=O) groups is 3.